The van der Waals surface area contributed by atoms with E-state index < -0.39 is 0 Å². The van der Waals surface area contributed by atoms with Crippen LogP contribution in [0.3, 0.4) is 0 Å². The minimum absolute atomic E-state index is 0.122. The van der Waals surface area contributed by atoms with Crippen LogP contribution in [0.4, 0.5) is 15.0 Å². The molecule has 0 saturated carbocycles. The molecule has 0 aliphatic carbocycles. The molecule has 1 N–H and O–H groups in total. The van der Waals surface area contributed by atoms with Crippen molar-refractivity contribution in [3.05, 3.63) is 47.9 Å². The van der Waals surface area contributed by atoms with E-state index >= 15 is 0 Å². The van der Waals surface area contributed by atoms with E-state index in [-0.39, 0.29) is 11.8 Å². The van der Waals surface area contributed by atoms with Gasteiger partial charge in [0.25, 0.3) is 0 Å². The van der Waals surface area contributed by atoms with Gasteiger partial charge in [-0.25, -0.2) is 13.9 Å². The molecule has 140 valence electrons. The number of carbonyl (C=O) groups excluding carboxylic acids is 1. The van der Waals surface area contributed by atoms with Gasteiger partial charge in [-0.2, -0.15) is 5.10 Å². The Kier molecular flexibility index (Phi) is 5.88. The number of aromatic nitrogens is 2. The number of nitrogens with one attached hydrogen (secondary N) is 1. The van der Waals surface area contributed by atoms with Crippen molar-refractivity contribution in [3.63, 3.8) is 0 Å². The smallest absolute Gasteiger partial charge is 0.323 e. The molecular formula is C19H26FN5O. The first-order valence-electron chi connectivity index (χ1n) is 9.06. The van der Waals surface area contributed by atoms with E-state index in [1.165, 1.54) is 12.1 Å². The summed E-state index contributed by atoms with van der Waals surface area (Å²) in [6.07, 6.45) is 2.76. The largest absolute Gasteiger partial charge is 0.324 e. The van der Waals surface area contributed by atoms with Gasteiger partial charge in [0.2, 0.25) is 0 Å². The van der Waals surface area contributed by atoms with Crippen molar-refractivity contribution in [2.75, 3.05) is 38.5 Å². The number of likely N-dealkylation sites (tertiary alicyclic amines) is 1. The molecule has 1 fully saturated rings. The van der Waals surface area contributed by atoms with E-state index in [9.17, 15) is 9.18 Å². The summed E-state index contributed by atoms with van der Waals surface area (Å²) in [6, 6.07) is 8.03. The highest BCUT2D eigenvalue weighted by atomic mass is 19.1. The molecule has 2 heterocycles. The molecule has 2 aromatic rings. The van der Waals surface area contributed by atoms with Gasteiger partial charge in [-0.15, -0.1) is 0 Å². The first kappa shape index (κ1) is 18.4. The number of amides is 2. The molecule has 1 aromatic carbocycles. The van der Waals surface area contributed by atoms with E-state index in [2.05, 4.69) is 22.4 Å². The average molecular weight is 359 g/mol. The number of anilines is 1. The molecule has 1 aliphatic heterocycles. The SMILES string of the molecule is CCN(CC1CCN(C)C1)C(=O)Nc1ccnn1Cc1cccc(F)c1. The number of carbonyl (C=O) groups is 1. The molecule has 1 aromatic heterocycles. The van der Waals surface area contributed by atoms with Crippen LogP contribution < -0.4 is 5.32 Å². The van der Waals surface area contributed by atoms with E-state index in [1.54, 1.807) is 23.0 Å². The number of benzene rings is 1. The van der Waals surface area contributed by atoms with Crippen molar-refractivity contribution in [1.82, 2.24) is 19.6 Å². The van der Waals surface area contributed by atoms with Crippen LogP contribution in [0.25, 0.3) is 0 Å². The number of rotatable bonds is 6. The van der Waals surface area contributed by atoms with E-state index in [1.807, 2.05) is 17.9 Å². The summed E-state index contributed by atoms with van der Waals surface area (Å²) in [4.78, 5) is 16.8. The summed E-state index contributed by atoms with van der Waals surface area (Å²) < 4.78 is 15.0. The molecule has 0 bridgehead atoms. The van der Waals surface area contributed by atoms with Gasteiger partial charge < -0.3 is 9.80 Å². The van der Waals surface area contributed by atoms with Crippen LogP contribution in [0, 0.1) is 11.7 Å². The summed E-state index contributed by atoms with van der Waals surface area (Å²) >= 11 is 0. The molecule has 1 unspecified atom stereocenters. The van der Waals surface area contributed by atoms with Crippen molar-refractivity contribution >= 4 is 11.8 Å². The number of halogens is 1. The van der Waals surface area contributed by atoms with Crippen LogP contribution in [-0.2, 0) is 6.54 Å². The van der Waals surface area contributed by atoms with Crippen molar-refractivity contribution < 1.29 is 9.18 Å². The average Bonchev–Trinajstić information content (AvgIpc) is 3.21. The third kappa shape index (κ3) is 4.60. The van der Waals surface area contributed by atoms with Gasteiger partial charge in [-0.05, 0) is 50.6 Å². The second-order valence-electron chi connectivity index (χ2n) is 6.89. The Labute approximate surface area is 153 Å². The van der Waals surface area contributed by atoms with Gasteiger partial charge in [0, 0.05) is 25.7 Å². The molecule has 1 atom stereocenters. The Hall–Kier alpha value is -2.41. The maximum atomic E-state index is 13.4. The zero-order valence-electron chi connectivity index (χ0n) is 15.4. The standard InChI is InChI=1S/C19H26FN5O/c1-3-24(13-16-8-10-23(2)12-16)19(26)22-18-7-9-21-25(18)14-15-5-4-6-17(20)11-15/h4-7,9,11,16H,3,8,10,12-14H2,1-2H3,(H,22,26). The van der Waals surface area contributed by atoms with Crippen molar-refractivity contribution in [3.8, 4) is 0 Å². The molecule has 6 nitrogen and oxygen atoms in total. The predicted molar refractivity (Wildman–Crippen MR) is 99.6 cm³/mol. The highest BCUT2D eigenvalue weighted by Gasteiger charge is 2.24. The van der Waals surface area contributed by atoms with Crippen LogP contribution in [0.5, 0.6) is 0 Å². The molecule has 7 heteroatoms. The molecule has 1 aliphatic rings. The van der Waals surface area contributed by atoms with E-state index in [4.69, 9.17) is 0 Å². The lowest BCUT2D eigenvalue weighted by Gasteiger charge is -2.24. The van der Waals surface area contributed by atoms with Gasteiger partial charge in [-0.1, -0.05) is 12.1 Å². The first-order valence-corrected chi connectivity index (χ1v) is 9.06. The van der Waals surface area contributed by atoms with Gasteiger partial charge in [0.1, 0.15) is 11.6 Å². The highest BCUT2D eigenvalue weighted by Crippen LogP contribution is 2.17. The monoisotopic (exact) mass is 359 g/mol. The van der Waals surface area contributed by atoms with Gasteiger partial charge in [0.05, 0.1) is 12.7 Å². The fraction of sp³-hybridized carbons (Fsp3) is 0.474. The minimum atomic E-state index is -0.279. The topological polar surface area (TPSA) is 53.4 Å². The lowest BCUT2D eigenvalue weighted by Crippen LogP contribution is -2.39. The van der Waals surface area contributed by atoms with Crippen LogP contribution in [0.15, 0.2) is 36.5 Å². The maximum absolute atomic E-state index is 13.4. The second-order valence-corrected chi connectivity index (χ2v) is 6.89. The molecule has 3 rings (SSSR count). The maximum Gasteiger partial charge on any atom is 0.323 e. The van der Waals surface area contributed by atoms with Crippen LogP contribution in [0.1, 0.15) is 18.9 Å². The van der Waals surface area contributed by atoms with Gasteiger partial charge >= 0.3 is 6.03 Å². The Morgan fingerprint density at radius 2 is 2.27 bits per heavy atom. The number of urea groups is 1. The number of hydrogen-bond donors (Lipinski definition) is 1. The first-order chi connectivity index (χ1) is 12.5. The Bertz CT molecular complexity index is 747. The van der Waals surface area contributed by atoms with E-state index in [0.717, 1.165) is 31.6 Å². The molecule has 26 heavy (non-hydrogen) atoms. The van der Waals surface area contributed by atoms with Crippen molar-refractivity contribution in [1.29, 1.82) is 0 Å². The second kappa shape index (κ2) is 8.31. The summed E-state index contributed by atoms with van der Waals surface area (Å²) in [5.41, 5.74) is 0.797. The Balaban J connectivity index is 1.62. The summed E-state index contributed by atoms with van der Waals surface area (Å²) in [6.45, 7) is 5.92. The van der Waals surface area contributed by atoms with Gasteiger partial charge in [0.15, 0.2) is 0 Å². The fourth-order valence-electron chi connectivity index (χ4n) is 3.40. The Morgan fingerprint density at radius 3 is 2.96 bits per heavy atom. The minimum Gasteiger partial charge on any atom is -0.324 e. The van der Waals surface area contributed by atoms with Crippen LogP contribution in [0.2, 0.25) is 0 Å². The molecule has 2 amide bonds. The highest BCUT2D eigenvalue weighted by molar-refractivity contribution is 5.88. The fourth-order valence-corrected chi connectivity index (χ4v) is 3.40. The zero-order chi connectivity index (χ0) is 18.5. The summed E-state index contributed by atoms with van der Waals surface area (Å²) in [7, 11) is 2.11. The Morgan fingerprint density at radius 1 is 1.42 bits per heavy atom. The lowest BCUT2D eigenvalue weighted by molar-refractivity contribution is 0.204. The van der Waals surface area contributed by atoms with Crippen LogP contribution in [-0.4, -0.2) is 58.8 Å². The lowest BCUT2D eigenvalue weighted by atomic mass is 10.1. The van der Waals surface area contributed by atoms with E-state index in [0.29, 0.717) is 24.8 Å². The third-order valence-electron chi connectivity index (χ3n) is 4.81. The normalized spacial score (nSPS) is 17.4. The predicted octanol–water partition coefficient (Wildman–Crippen LogP) is 2.88. The molecule has 0 spiro atoms. The molecular weight excluding hydrogens is 333 g/mol. The van der Waals surface area contributed by atoms with Crippen molar-refractivity contribution in [2.24, 2.45) is 5.92 Å². The van der Waals surface area contributed by atoms with Crippen molar-refractivity contribution in [2.45, 2.75) is 19.9 Å². The van der Waals surface area contributed by atoms with Gasteiger partial charge in [-0.3, -0.25) is 5.32 Å². The number of hydrogen-bond acceptors (Lipinski definition) is 3. The number of nitrogens with zero attached hydrogens (tertiary/aromatic N) is 4. The van der Waals surface area contributed by atoms with Crippen LogP contribution >= 0.6 is 0 Å². The summed E-state index contributed by atoms with van der Waals surface area (Å²) in [5, 5.41) is 7.19. The molecule has 0 radical (unpaired) electrons. The zero-order valence-corrected chi connectivity index (χ0v) is 15.4. The third-order valence-corrected chi connectivity index (χ3v) is 4.81. The summed E-state index contributed by atoms with van der Waals surface area (Å²) in [5.74, 6) is 0.850. The quantitative estimate of drug-likeness (QED) is 0.863. The molecule has 1 saturated heterocycles.